The molecule has 0 radical (unpaired) electrons. The van der Waals surface area contributed by atoms with E-state index < -0.39 is 17.5 Å². The molecular weight excluding hydrogens is 469 g/mol. The van der Waals surface area contributed by atoms with Crippen LogP contribution < -0.4 is 10.2 Å². The lowest BCUT2D eigenvalue weighted by Gasteiger charge is -2.41. The summed E-state index contributed by atoms with van der Waals surface area (Å²) in [6.45, 7) is 6.41. The van der Waals surface area contributed by atoms with E-state index in [1.807, 2.05) is 25.1 Å². The molecule has 4 rings (SSSR count). The average molecular weight is 505 g/mol. The molecule has 0 aliphatic carbocycles. The minimum atomic E-state index is -1.48. The number of carbonyl (C=O) groups excluding carboxylic acids is 1. The molecule has 2 fully saturated rings. The van der Waals surface area contributed by atoms with Gasteiger partial charge in [-0.3, -0.25) is 4.90 Å². The van der Waals surface area contributed by atoms with Gasteiger partial charge in [0.15, 0.2) is 17.5 Å². The van der Waals surface area contributed by atoms with Crippen LogP contribution in [0.25, 0.3) is 0 Å². The molecule has 0 aromatic heterocycles. The van der Waals surface area contributed by atoms with Crippen molar-refractivity contribution in [3.8, 4) is 0 Å². The number of amides is 2. The standard InChI is InChI=1S/C27H35F3N4O2/c1-19-15-33(23-13-24(28)26(30)25(29)14-23)11-12-34(19)27(36)31-9-7-21-8-10-32(17-22(21)18-35)16-20-5-3-2-4-6-20/h2-6,13-14,19,21-22,35H,7-12,15-18H2,1H3,(H,31,36)/t19-,21?,22?/m1/s1. The fourth-order valence-corrected chi connectivity index (χ4v) is 5.41. The Morgan fingerprint density at radius 3 is 2.42 bits per heavy atom. The van der Waals surface area contributed by atoms with E-state index in [1.54, 1.807) is 9.80 Å². The van der Waals surface area contributed by atoms with Crippen LogP contribution in [0.1, 0.15) is 25.3 Å². The van der Waals surface area contributed by atoms with Crippen LogP contribution in [0.15, 0.2) is 42.5 Å². The molecule has 0 saturated carbocycles. The minimum Gasteiger partial charge on any atom is -0.396 e. The van der Waals surface area contributed by atoms with Crippen molar-refractivity contribution in [2.75, 3.05) is 50.8 Å². The maximum atomic E-state index is 13.6. The molecule has 2 heterocycles. The van der Waals surface area contributed by atoms with E-state index in [4.69, 9.17) is 0 Å². The molecule has 0 bridgehead atoms. The van der Waals surface area contributed by atoms with Crippen LogP contribution >= 0.6 is 0 Å². The third-order valence-electron chi connectivity index (χ3n) is 7.47. The van der Waals surface area contributed by atoms with E-state index in [2.05, 4.69) is 22.3 Å². The first-order valence-electron chi connectivity index (χ1n) is 12.7. The van der Waals surface area contributed by atoms with E-state index >= 15 is 0 Å². The monoisotopic (exact) mass is 504 g/mol. The van der Waals surface area contributed by atoms with Gasteiger partial charge in [-0.25, -0.2) is 18.0 Å². The first-order valence-corrected chi connectivity index (χ1v) is 12.7. The lowest BCUT2D eigenvalue weighted by molar-refractivity contribution is 0.0643. The lowest BCUT2D eigenvalue weighted by Crippen LogP contribution is -2.57. The first kappa shape index (κ1) is 26.3. The Labute approximate surface area is 210 Å². The summed E-state index contributed by atoms with van der Waals surface area (Å²) in [5, 5.41) is 13.0. The van der Waals surface area contributed by atoms with Crippen molar-refractivity contribution >= 4 is 11.7 Å². The number of benzene rings is 2. The number of rotatable bonds is 7. The molecule has 2 aromatic carbocycles. The summed E-state index contributed by atoms with van der Waals surface area (Å²) in [5.74, 6) is -3.39. The molecule has 2 saturated heterocycles. The van der Waals surface area contributed by atoms with Crippen molar-refractivity contribution in [2.24, 2.45) is 11.8 Å². The third kappa shape index (κ3) is 6.31. The topological polar surface area (TPSA) is 59.0 Å². The smallest absolute Gasteiger partial charge is 0.317 e. The number of carbonyl (C=O) groups is 1. The minimum absolute atomic E-state index is 0.132. The molecule has 2 amide bonds. The van der Waals surface area contributed by atoms with E-state index in [-0.39, 0.29) is 30.3 Å². The number of hydrogen-bond acceptors (Lipinski definition) is 4. The summed E-state index contributed by atoms with van der Waals surface area (Å²) >= 11 is 0. The molecule has 2 aliphatic rings. The van der Waals surface area contributed by atoms with Crippen molar-refractivity contribution in [3.05, 3.63) is 65.5 Å². The van der Waals surface area contributed by atoms with Crippen molar-refractivity contribution < 1.29 is 23.1 Å². The predicted molar refractivity (Wildman–Crippen MR) is 133 cm³/mol. The van der Waals surface area contributed by atoms with Crippen LogP contribution in [0.2, 0.25) is 0 Å². The number of halogens is 3. The highest BCUT2D eigenvalue weighted by Gasteiger charge is 2.31. The van der Waals surface area contributed by atoms with Gasteiger partial charge in [0, 0.05) is 69.7 Å². The van der Waals surface area contributed by atoms with Gasteiger partial charge in [-0.05, 0) is 43.7 Å². The van der Waals surface area contributed by atoms with Gasteiger partial charge < -0.3 is 20.2 Å². The van der Waals surface area contributed by atoms with Crippen LogP contribution in [0.5, 0.6) is 0 Å². The second kappa shape index (κ2) is 12.0. The molecular formula is C27H35F3N4O2. The predicted octanol–water partition coefficient (Wildman–Crippen LogP) is 3.84. The Morgan fingerprint density at radius 1 is 1.03 bits per heavy atom. The quantitative estimate of drug-likeness (QED) is 0.563. The highest BCUT2D eigenvalue weighted by molar-refractivity contribution is 5.75. The molecule has 2 aromatic rings. The number of aliphatic hydroxyl groups excluding tert-OH is 1. The van der Waals surface area contributed by atoms with Crippen LogP contribution in [0.4, 0.5) is 23.7 Å². The summed E-state index contributed by atoms with van der Waals surface area (Å²) in [6, 6.07) is 12.0. The van der Waals surface area contributed by atoms with Crippen LogP contribution in [-0.4, -0.2) is 72.9 Å². The van der Waals surface area contributed by atoms with Crippen LogP contribution in [0.3, 0.4) is 0 Å². The molecule has 6 nitrogen and oxygen atoms in total. The van der Waals surface area contributed by atoms with Crippen molar-refractivity contribution in [1.29, 1.82) is 0 Å². The maximum absolute atomic E-state index is 13.6. The largest absolute Gasteiger partial charge is 0.396 e. The lowest BCUT2D eigenvalue weighted by atomic mass is 9.83. The fourth-order valence-electron chi connectivity index (χ4n) is 5.41. The van der Waals surface area contributed by atoms with Gasteiger partial charge in [-0.1, -0.05) is 30.3 Å². The summed E-state index contributed by atoms with van der Waals surface area (Å²) < 4.78 is 40.5. The molecule has 0 spiro atoms. The van der Waals surface area contributed by atoms with Gasteiger partial charge in [-0.15, -0.1) is 0 Å². The van der Waals surface area contributed by atoms with Gasteiger partial charge in [0.2, 0.25) is 0 Å². The number of piperazine rings is 1. The van der Waals surface area contributed by atoms with Gasteiger partial charge in [0.05, 0.1) is 0 Å². The van der Waals surface area contributed by atoms with Gasteiger partial charge in [-0.2, -0.15) is 0 Å². The second-order valence-electron chi connectivity index (χ2n) is 9.94. The van der Waals surface area contributed by atoms with E-state index in [0.29, 0.717) is 32.1 Å². The highest BCUT2D eigenvalue weighted by Crippen LogP contribution is 2.27. The summed E-state index contributed by atoms with van der Waals surface area (Å²) in [4.78, 5) is 18.7. The van der Waals surface area contributed by atoms with E-state index in [0.717, 1.165) is 44.6 Å². The molecule has 196 valence electrons. The summed E-state index contributed by atoms with van der Waals surface area (Å²) in [7, 11) is 0. The molecule has 3 atom stereocenters. The Hall–Kier alpha value is -2.78. The Morgan fingerprint density at radius 2 is 1.75 bits per heavy atom. The number of urea groups is 1. The van der Waals surface area contributed by atoms with E-state index in [9.17, 15) is 23.1 Å². The van der Waals surface area contributed by atoms with Gasteiger partial charge >= 0.3 is 6.03 Å². The maximum Gasteiger partial charge on any atom is 0.317 e. The van der Waals surface area contributed by atoms with Crippen molar-refractivity contribution in [1.82, 2.24) is 15.1 Å². The second-order valence-corrected chi connectivity index (χ2v) is 9.94. The SMILES string of the molecule is C[C@@H]1CN(c2cc(F)c(F)c(F)c2)CCN1C(=O)NCCC1CCN(Cc2ccccc2)CC1CO. The molecule has 9 heteroatoms. The van der Waals surface area contributed by atoms with Crippen molar-refractivity contribution in [2.45, 2.75) is 32.4 Å². The van der Waals surface area contributed by atoms with Gasteiger partial charge in [0.1, 0.15) is 0 Å². The fraction of sp³-hybridized carbons (Fsp3) is 0.519. The molecule has 36 heavy (non-hydrogen) atoms. The molecule has 2 aliphatic heterocycles. The normalized spacial score (nSPS) is 23.1. The zero-order valence-corrected chi connectivity index (χ0v) is 20.7. The molecule has 2 N–H and O–H groups in total. The number of piperidine rings is 1. The van der Waals surface area contributed by atoms with Gasteiger partial charge in [0.25, 0.3) is 0 Å². The average Bonchev–Trinajstić information content (AvgIpc) is 2.88. The Balaban J connectivity index is 1.22. The van der Waals surface area contributed by atoms with Crippen LogP contribution in [0, 0.1) is 29.3 Å². The summed E-state index contributed by atoms with van der Waals surface area (Å²) in [5.41, 5.74) is 1.54. The van der Waals surface area contributed by atoms with Crippen molar-refractivity contribution in [3.63, 3.8) is 0 Å². The number of likely N-dealkylation sites (tertiary alicyclic amines) is 1. The Kier molecular flexibility index (Phi) is 8.74. The molecule has 2 unspecified atom stereocenters. The highest BCUT2D eigenvalue weighted by atomic mass is 19.2. The number of hydrogen-bond donors (Lipinski definition) is 2. The number of nitrogens with zero attached hydrogens (tertiary/aromatic N) is 3. The Bertz CT molecular complexity index is 1000. The zero-order chi connectivity index (χ0) is 25.7. The third-order valence-corrected chi connectivity index (χ3v) is 7.47. The number of nitrogens with one attached hydrogen (secondary N) is 1. The zero-order valence-electron chi connectivity index (χ0n) is 20.7. The summed E-state index contributed by atoms with van der Waals surface area (Å²) in [6.07, 6.45) is 1.78. The first-order chi connectivity index (χ1) is 17.4. The van der Waals surface area contributed by atoms with Crippen LogP contribution in [-0.2, 0) is 6.54 Å². The van der Waals surface area contributed by atoms with E-state index in [1.165, 1.54) is 5.56 Å². The number of aliphatic hydroxyl groups is 1. The number of anilines is 1.